The smallest absolute Gasteiger partial charge is 0.306 e. The summed E-state index contributed by atoms with van der Waals surface area (Å²) in [7, 11) is 0. The maximum Gasteiger partial charge on any atom is 0.306 e. The quantitative estimate of drug-likeness (QED) is 0.600. The van der Waals surface area contributed by atoms with Gasteiger partial charge in [0.1, 0.15) is 6.61 Å². The Morgan fingerprint density at radius 1 is 1.31 bits per heavy atom. The van der Waals surface area contributed by atoms with Crippen LogP contribution in [0.3, 0.4) is 0 Å². The number of ether oxygens (including phenoxy) is 1. The minimum atomic E-state index is -0.166. The van der Waals surface area contributed by atoms with Gasteiger partial charge in [-0.2, -0.15) is 0 Å². The van der Waals surface area contributed by atoms with Crippen LogP contribution in [0, 0.1) is 0 Å². The third kappa shape index (κ3) is 4.08. The molecule has 0 aliphatic rings. The summed E-state index contributed by atoms with van der Waals surface area (Å²) in [6, 6.07) is 9.65. The van der Waals surface area contributed by atoms with Gasteiger partial charge < -0.3 is 4.74 Å². The molecular formula is C10H11BrO2. The molecule has 0 aliphatic heterocycles. The largest absolute Gasteiger partial charge is 0.461 e. The van der Waals surface area contributed by atoms with Gasteiger partial charge in [0.05, 0.1) is 6.42 Å². The summed E-state index contributed by atoms with van der Waals surface area (Å²) in [5.74, 6) is -0.166. The molecule has 0 atom stereocenters. The Labute approximate surface area is 86.0 Å². The number of carbonyl (C=O) groups is 1. The van der Waals surface area contributed by atoms with Crippen LogP contribution in [0.1, 0.15) is 12.0 Å². The molecule has 1 aromatic rings. The molecule has 1 rings (SSSR count). The van der Waals surface area contributed by atoms with Crippen molar-refractivity contribution in [3.63, 3.8) is 0 Å². The first kappa shape index (κ1) is 10.3. The Morgan fingerprint density at radius 3 is 2.62 bits per heavy atom. The lowest BCUT2D eigenvalue weighted by atomic mass is 10.2. The molecule has 0 bridgehead atoms. The van der Waals surface area contributed by atoms with E-state index < -0.39 is 0 Å². The highest BCUT2D eigenvalue weighted by Crippen LogP contribution is 2.01. The predicted molar refractivity (Wildman–Crippen MR) is 54.6 cm³/mol. The Morgan fingerprint density at radius 2 is 2.00 bits per heavy atom. The van der Waals surface area contributed by atoms with Crippen LogP contribution in [0.2, 0.25) is 0 Å². The maximum absolute atomic E-state index is 11.0. The zero-order valence-electron chi connectivity index (χ0n) is 7.20. The van der Waals surface area contributed by atoms with Crippen LogP contribution < -0.4 is 0 Å². The van der Waals surface area contributed by atoms with Crippen molar-refractivity contribution in [3.05, 3.63) is 35.9 Å². The van der Waals surface area contributed by atoms with Gasteiger partial charge in [0.2, 0.25) is 0 Å². The molecule has 2 nitrogen and oxygen atoms in total. The molecular weight excluding hydrogens is 232 g/mol. The Kier molecular flexibility index (Phi) is 4.54. The van der Waals surface area contributed by atoms with Gasteiger partial charge in [-0.15, -0.1) is 0 Å². The highest BCUT2D eigenvalue weighted by molar-refractivity contribution is 9.09. The first-order valence-electron chi connectivity index (χ1n) is 4.08. The van der Waals surface area contributed by atoms with Gasteiger partial charge in [0.15, 0.2) is 0 Å². The van der Waals surface area contributed by atoms with Gasteiger partial charge in [-0.1, -0.05) is 46.3 Å². The molecule has 70 valence electrons. The van der Waals surface area contributed by atoms with Crippen molar-refractivity contribution < 1.29 is 9.53 Å². The first-order chi connectivity index (χ1) is 6.33. The molecule has 0 unspecified atom stereocenters. The summed E-state index contributed by atoms with van der Waals surface area (Å²) in [4.78, 5) is 11.0. The molecule has 0 fully saturated rings. The Bertz CT molecular complexity index is 259. The van der Waals surface area contributed by atoms with Gasteiger partial charge >= 0.3 is 5.97 Å². The molecule has 0 saturated carbocycles. The van der Waals surface area contributed by atoms with E-state index in [9.17, 15) is 4.79 Å². The zero-order valence-corrected chi connectivity index (χ0v) is 8.79. The highest BCUT2D eigenvalue weighted by Gasteiger charge is 2.00. The molecule has 1 aromatic carbocycles. The predicted octanol–water partition coefficient (Wildman–Crippen LogP) is 2.51. The topological polar surface area (TPSA) is 26.3 Å². The van der Waals surface area contributed by atoms with E-state index in [0.717, 1.165) is 5.56 Å². The lowest BCUT2D eigenvalue weighted by Crippen LogP contribution is -2.04. The molecule has 0 heterocycles. The van der Waals surface area contributed by atoms with Crippen molar-refractivity contribution in [1.29, 1.82) is 0 Å². The Hall–Kier alpha value is -0.830. The van der Waals surface area contributed by atoms with Crippen LogP contribution in [-0.2, 0) is 16.1 Å². The van der Waals surface area contributed by atoms with Crippen LogP contribution in [0.5, 0.6) is 0 Å². The van der Waals surface area contributed by atoms with Crippen molar-refractivity contribution in [3.8, 4) is 0 Å². The molecule has 0 aliphatic carbocycles. The van der Waals surface area contributed by atoms with Gasteiger partial charge in [0, 0.05) is 5.33 Å². The van der Waals surface area contributed by atoms with E-state index in [1.54, 1.807) is 0 Å². The number of rotatable bonds is 4. The SMILES string of the molecule is O=C(CCBr)OCc1ccccc1. The van der Waals surface area contributed by atoms with Crippen molar-refractivity contribution in [2.75, 3.05) is 5.33 Å². The monoisotopic (exact) mass is 242 g/mol. The lowest BCUT2D eigenvalue weighted by molar-refractivity contribution is -0.144. The van der Waals surface area contributed by atoms with E-state index in [1.165, 1.54) is 0 Å². The third-order valence-corrected chi connectivity index (χ3v) is 1.94. The normalized spacial score (nSPS) is 9.62. The number of hydrogen-bond donors (Lipinski definition) is 0. The van der Waals surface area contributed by atoms with E-state index in [-0.39, 0.29) is 5.97 Å². The fourth-order valence-electron chi connectivity index (χ4n) is 0.887. The van der Waals surface area contributed by atoms with Crippen molar-refractivity contribution in [2.24, 2.45) is 0 Å². The van der Waals surface area contributed by atoms with Crippen LogP contribution in [0.4, 0.5) is 0 Å². The molecule has 0 spiro atoms. The third-order valence-electron chi connectivity index (χ3n) is 1.54. The maximum atomic E-state index is 11.0. The number of halogens is 1. The molecule has 0 amide bonds. The highest BCUT2D eigenvalue weighted by atomic mass is 79.9. The van der Waals surface area contributed by atoms with Crippen molar-refractivity contribution in [2.45, 2.75) is 13.0 Å². The van der Waals surface area contributed by atoms with E-state index in [0.29, 0.717) is 18.4 Å². The summed E-state index contributed by atoms with van der Waals surface area (Å²) in [6.45, 7) is 0.368. The number of carbonyl (C=O) groups excluding carboxylic acids is 1. The second-order valence-electron chi connectivity index (χ2n) is 2.59. The molecule has 3 heteroatoms. The van der Waals surface area contributed by atoms with Crippen LogP contribution >= 0.6 is 15.9 Å². The van der Waals surface area contributed by atoms with E-state index in [1.807, 2.05) is 30.3 Å². The lowest BCUT2D eigenvalue weighted by Gasteiger charge is -2.02. The average Bonchev–Trinajstić information content (AvgIpc) is 2.17. The number of hydrogen-bond acceptors (Lipinski definition) is 2. The summed E-state index contributed by atoms with van der Waals surface area (Å²) < 4.78 is 5.00. The van der Waals surface area contributed by atoms with Gasteiger partial charge in [-0.25, -0.2) is 0 Å². The fraction of sp³-hybridized carbons (Fsp3) is 0.300. The summed E-state index contributed by atoms with van der Waals surface area (Å²) in [6.07, 6.45) is 0.423. The number of benzene rings is 1. The van der Waals surface area contributed by atoms with Crippen LogP contribution in [-0.4, -0.2) is 11.3 Å². The second kappa shape index (κ2) is 5.75. The molecule has 0 N–H and O–H groups in total. The summed E-state index contributed by atoms with van der Waals surface area (Å²) in [5.41, 5.74) is 1.02. The molecule has 0 radical (unpaired) electrons. The fourth-order valence-corrected chi connectivity index (χ4v) is 1.21. The molecule has 13 heavy (non-hydrogen) atoms. The van der Waals surface area contributed by atoms with Crippen molar-refractivity contribution in [1.82, 2.24) is 0 Å². The van der Waals surface area contributed by atoms with E-state index in [4.69, 9.17) is 4.74 Å². The summed E-state index contributed by atoms with van der Waals surface area (Å²) >= 11 is 3.18. The molecule has 0 aromatic heterocycles. The average molecular weight is 243 g/mol. The van der Waals surface area contributed by atoms with Gasteiger partial charge in [-0.3, -0.25) is 4.79 Å². The summed E-state index contributed by atoms with van der Waals surface area (Å²) in [5, 5.41) is 0.653. The van der Waals surface area contributed by atoms with Gasteiger partial charge in [0.25, 0.3) is 0 Å². The minimum absolute atomic E-state index is 0.166. The number of esters is 1. The standard InChI is InChI=1S/C10H11BrO2/c11-7-6-10(12)13-8-9-4-2-1-3-5-9/h1-5H,6-8H2. The minimum Gasteiger partial charge on any atom is -0.461 e. The van der Waals surface area contributed by atoms with Gasteiger partial charge in [-0.05, 0) is 5.56 Å². The molecule has 0 saturated heterocycles. The van der Waals surface area contributed by atoms with Crippen LogP contribution in [0.15, 0.2) is 30.3 Å². The zero-order chi connectivity index (χ0) is 9.52. The van der Waals surface area contributed by atoms with Crippen molar-refractivity contribution >= 4 is 21.9 Å². The van der Waals surface area contributed by atoms with E-state index >= 15 is 0 Å². The second-order valence-corrected chi connectivity index (χ2v) is 3.38. The Balaban J connectivity index is 2.31. The van der Waals surface area contributed by atoms with E-state index in [2.05, 4.69) is 15.9 Å². The first-order valence-corrected chi connectivity index (χ1v) is 5.20. The van der Waals surface area contributed by atoms with Crippen LogP contribution in [0.25, 0.3) is 0 Å². The number of alkyl halides is 1.